The van der Waals surface area contributed by atoms with Gasteiger partial charge in [0.05, 0.1) is 22.3 Å². The highest BCUT2D eigenvalue weighted by molar-refractivity contribution is 6.17. The van der Waals surface area contributed by atoms with Crippen molar-refractivity contribution in [1.82, 2.24) is 0 Å². The van der Waals surface area contributed by atoms with Crippen molar-refractivity contribution in [1.29, 1.82) is 0 Å². The summed E-state index contributed by atoms with van der Waals surface area (Å²) >= 11 is 0. The van der Waals surface area contributed by atoms with Gasteiger partial charge in [0.1, 0.15) is 11.5 Å². The number of hydrogen-bond donors (Lipinski definition) is 0. The number of cyclic esters (lactones) is 4. The van der Waals surface area contributed by atoms with Gasteiger partial charge in [-0.1, -0.05) is 6.07 Å². The SMILES string of the molecule is O=C(c1ccc(Oc2ccc3c(c2)C(=O)OC3=O)cc1)c1ccc2c(c1)C(=O)OC2=O. The topological polar surface area (TPSA) is 113 Å². The molecule has 0 bridgehead atoms. The summed E-state index contributed by atoms with van der Waals surface area (Å²) in [7, 11) is 0. The van der Waals surface area contributed by atoms with Crippen LogP contribution in [0, 0.1) is 0 Å². The number of carbonyl (C=O) groups excluding carboxylic acids is 5. The van der Waals surface area contributed by atoms with Gasteiger partial charge in [-0.3, -0.25) is 4.79 Å². The highest BCUT2D eigenvalue weighted by atomic mass is 16.6. The van der Waals surface area contributed by atoms with E-state index in [0.717, 1.165) is 0 Å². The highest BCUT2D eigenvalue weighted by Crippen LogP contribution is 2.29. The highest BCUT2D eigenvalue weighted by Gasteiger charge is 2.31. The van der Waals surface area contributed by atoms with Crippen LogP contribution >= 0.6 is 0 Å². The summed E-state index contributed by atoms with van der Waals surface area (Å²) in [5.41, 5.74) is 1.07. The fourth-order valence-corrected chi connectivity index (χ4v) is 3.33. The first-order chi connectivity index (χ1) is 14.9. The van der Waals surface area contributed by atoms with Gasteiger partial charge < -0.3 is 14.2 Å². The van der Waals surface area contributed by atoms with Gasteiger partial charge in [-0.2, -0.15) is 0 Å². The molecule has 8 nitrogen and oxygen atoms in total. The second kappa shape index (κ2) is 6.74. The average molecular weight is 414 g/mol. The zero-order chi connectivity index (χ0) is 21.7. The molecule has 5 rings (SSSR count). The number of ketones is 1. The minimum Gasteiger partial charge on any atom is -0.457 e. The third-order valence-electron chi connectivity index (χ3n) is 4.88. The van der Waals surface area contributed by atoms with Gasteiger partial charge >= 0.3 is 23.9 Å². The fraction of sp³-hybridized carbons (Fsp3) is 0. The van der Waals surface area contributed by atoms with E-state index in [4.69, 9.17) is 4.74 Å². The molecule has 0 saturated heterocycles. The molecule has 0 spiro atoms. The van der Waals surface area contributed by atoms with Gasteiger partial charge in [0.2, 0.25) is 0 Å². The third kappa shape index (κ3) is 3.06. The molecule has 0 aliphatic carbocycles. The predicted octanol–water partition coefficient (Wildman–Crippen LogP) is 3.33. The molecule has 0 amide bonds. The van der Waals surface area contributed by atoms with Crippen LogP contribution < -0.4 is 4.74 Å². The van der Waals surface area contributed by atoms with E-state index in [-0.39, 0.29) is 33.6 Å². The number of hydrogen-bond acceptors (Lipinski definition) is 8. The van der Waals surface area contributed by atoms with Crippen molar-refractivity contribution in [3.8, 4) is 11.5 Å². The van der Waals surface area contributed by atoms with Gasteiger partial charge in [-0.05, 0) is 54.6 Å². The van der Waals surface area contributed by atoms with E-state index in [2.05, 4.69) is 9.47 Å². The monoisotopic (exact) mass is 414 g/mol. The first-order valence-electron chi connectivity index (χ1n) is 9.04. The summed E-state index contributed by atoms with van der Waals surface area (Å²) in [6, 6.07) is 14.8. The number of benzene rings is 3. The van der Waals surface area contributed by atoms with Crippen LogP contribution in [-0.2, 0) is 9.47 Å². The van der Waals surface area contributed by atoms with Crippen molar-refractivity contribution in [2.75, 3.05) is 0 Å². The van der Waals surface area contributed by atoms with Crippen molar-refractivity contribution < 1.29 is 38.2 Å². The van der Waals surface area contributed by atoms with Gasteiger partial charge in [-0.25, -0.2) is 19.2 Å². The Hall–Kier alpha value is -4.59. The van der Waals surface area contributed by atoms with Crippen molar-refractivity contribution in [3.05, 3.63) is 94.0 Å². The van der Waals surface area contributed by atoms with Gasteiger partial charge in [0.15, 0.2) is 5.78 Å². The summed E-state index contributed by atoms with van der Waals surface area (Å²) in [4.78, 5) is 59.1. The minimum absolute atomic E-state index is 0.0596. The molecule has 0 aromatic heterocycles. The van der Waals surface area contributed by atoms with Gasteiger partial charge in [-0.15, -0.1) is 0 Å². The Kier molecular flexibility index (Phi) is 4.01. The van der Waals surface area contributed by atoms with E-state index in [1.54, 1.807) is 24.3 Å². The Morgan fingerprint density at radius 1 is 0.548 bits per heavy atom. The molecule has 150 valence electrons. The van der Waals surface area contributed by atoms with Crippen molar-refractivity contribution in [2.45, 2.75) is 0 Å². The molecule has 31 heavy (non-hydrogen) atoms. The van der Waals surface area contributed by atoms with Crippen LogP contribution in [0.3, 0.4) is 0 Å². The number of fused-ring (bicyclic) bond motifs is 2. The summed E-state index contributed by atoms with van der Waals surface area (Å²) in [6.07, 6.45) is 0. The van der Waals surface area contributed by atoms with E-state index < -0.39 is 23.9 Å². The summed E-state index contributed by atoms with van der Waals surface area (Å²) in [6.45, 7) is 0. The Morgan fingerprint density at radius 3 is 1.68 bits per heavy atom. The molecule has 2 aliphatic heterocycles. The average Bonchev–Trinajstić information content (AvgIpc) is 3.22. The van der Waals surface area contributed by atoms with Crippen molar-refractivity contribution in [3.63, 3.8) is 0 Å². The molecular formula is C23H10O8. The van der Waals surface area contributed by atoms with E-state index in [0.29, 0.717) is 17.1 Å². The van der Waals surface area contributed by atoms with Gasteiger partial charge in [0.25, 0.3) is 0 Å². The van der Waals surface area contributed by atoms with Crippen molar-refractivity contribution in [2.24, 2.45) is 0 Å². The Balaban J connectivity index is 1.36. The first-order valence-corrected chi connectivity index (χ1v) is 9.04. The van der Waals surface area contributed by atoms with E-state index >= 15 is 0 Å². The maximum Gasteiger partial charge on any atom is 0.347 e. The second-order valence-electron chi connectivity index (χ2n) is 6.78. The standard InChI is InChI=1S/C23H10O8/c24-19(12-3-7-15-17(9-12)22(27)30-20(15)25)11-1-4-13(5-2-11)29-14-6-8-16-18(10-14)23(28)31-21(16)26/h1-10H. The smallest absolute Gasteiger partial charge is 0.347 e. The van der Waals surface area contributed by atoms with Crippen LogP contribution in [0.1, 0.15) is 57.4 Å². The molecule has 8 heteroatoms. The molecule has 3 aromatic rings. The fourth-order valence-electron chi connectivity index (χ4n) is 3.33. The minimum atomic E-state index is -0.779. The lowest BCUT2D eigenvalue weighted by Crippen LogP contribution is -2.03. The largest absolute Gasteiger partial charge is 0.457 e. The molecular weight excluding hydrogens is 404 g/mol. The second-order valence-corrected chi connectivity index (χ2v) is 6.78. The van der Waals surface area contributed by atoms with Crippen LogP contribution in [-0.4, -0.2) is 29.7 Å². The first kappa shape index (κ1) is 18.4. The molecule has 0 atom stereocenters. The van der Waals surface area contributed by atoms with Crippen LogP contribution in [0.25, 0.3) is 0 Å². The maximum absolute atomic E-state index is 12.7. The zero-order valence-electron chi connectivity index (χ0n) is 15.5. The molecule has 3 aromatic carbocycles. The predicted molar refractivity (Wildman–Crippen MR) is 102 cm³/mol. The molecule has 0 N–H and O–H groups in total. The molecule has 0 fully saturated rings. The zero-order valence-corrected chi connectivity index (χ0v) is 15.5. The molecule has 0 radical (unpaired) electrons. The van der Waals surface area contributed by atoms with Gasteiger partial charge in [0, 0.05) is 11.1 Å². The molecule has 0 saturated carbocycles. The Labute approximate surface area is 174 Å². The summed E-state index contributed by atoms with van der Waals surface area (Å²) in [5, 5.41) is 0. The van der Waals surface area contributed by atoms with E-state index in [1.165, 1.54) is 36.4 Å². The number of carbonyl (C=O) groups is 5. The summed E-state index contributed by atoms with van der Waals surface area (Å²) in [5.74, 6) is -2.56. The lowest BCUT2D eigenvalue weighted by Gasteiger charge is -2.07. The number of ether oxygens (including phenoxy) is 3. The Morgan fingerprint density at radius 2 is 1.03 bits per heavy atom. The number of esters is 4. The quantitative estimate of drug-likeness (QED) is 0.363. The molecule has 2 heterocycles. The molecule has 0 unspecified atom stereocenters. The van der Waals surface area contributed by atoms with Crippen molar-refractivity contribution >= 4 is 29.7 Å². The Bertz CT molecular complexity index is 1330. The normalized spacial score (nSPS) is 14.1. The summed E-state index contributed by atoms with van der Waals surface area (Å²) < 4.78 is 14.8. The van der Waals surface area contributed by atoms with Crippen LogP contribution in [0.2, 0.25) is 0 Å². The van der Waals surface area contributed by atoms with E-state index in [1.807, 2.05) is 0 Å². The van der Waals surface area contributed by atoms with Crippen LogP contribution in [0.15, 0.2) is 60.7 Å². The van der Waals surface area contributed by atoms with Crippen LogP contribution in [0.4, 0.5) is 0 Å². The lowest BCUT2D eigenvalue weighted by atomic mass is 9.99. The maximum atomic E-state index is 12.7. The lowest BCUT2D eigenvalue weighted by molar-refractivity contribution is 0.0425. The molecule has 2 aliphatic rings. The third-order valence-corrected chi connectivity index (χ3v) is 4.88. The van der Waals surface area contributed by atoms with E-state index in [9.17, 15) is 24.0 Å². The van der Waals surface area contributed by atoms with Crippen LogP contribution in [0.5, 0.6) is 11.5 Å². The number of rotatable bonds is 4.